The van der Waals surface area contributed by atoms with Crippen molar-refractivity contribution in [3.63, 3.8) is 0 Å². The lowest BCUT2D eigenvalue weighted by Crippen LogP contribution is -2.08. The highest BCUT2D eigenvalue weighted by atomic mass is 32.1. The summed E-state index contributed by atoms with van der Waals surface area (Å²) in [5.74, 6) is 0.491. The van der Waals surface area contributed by atoms with E-state index in [1.807, 2.05) is 12.1 Å². The minimum atomic E-state index is -0.140. The molecule has 2 aromatic heterocycles. The summed E-state index contributed by atoms with van der Waals surface area (Å²) in [7, 11) is 0. The van der Waals surface area contributed by atoms with E-state index in [-0.39, 0.29) is 11.3 Å². The van der Waals surface area contributed by atoms with Crippen molar-refractivity contribution in [3.8, 4) is 11.4 Å². The Bertz CT molecular complexity index is 893. The van der Waals surface area contributed by atoms with Crippen LogP contribution in [-0.4, -0.2) is 15.8 Å². The van der Waals surface area contributed by atoms with Crippen molar-refractivity contribution in [1.29, 1.82) is 0 Å². The molecule has 3 aromatic rings. The van der Waals surface area contributed by atoms with Gasteiger partial charge in [-0.2, -0.15) is 0 Å². The second-order valence-corrected chi connectivity index (χ2v) is 5.95. The molecule has 1 N–H and O–H groups in total. The van der Waals surface area contributed by atoms with E-state index in [1.54, 1.807) is 18.2 Å². The first-order chi connectivity index (χ1) is 10.1. The Morgan fingerprint density at radius 3 is 2.86 bits per heavy atom. The zero-order valence-corrected chi connectivity index (χ0v) is 12.6. The molecule has 4 nitrogen and oxygen atoms in total. The normalized spacial score (nSPS) is 11.0. The Labute approximate surface area is 125 Å². The number of nitrogens with one attached hydrogen (secondary N) is 1. The number of hydrogen-bond acceptors (Lipinski definition) is 4. The number of ketones is 1. The van der Waals surface area contributed by atoms with E-state index < -0.39 is 0 Å². The minimum Gasteiger partial charge on any atom is -0.306 e. The van der Waals surface area contributed by atoms with Gasteiger partial charge in [0.15, 0.2) is 5.78 Å². The molecule has 0 aliphatic heterocycles. The molecule has 0 amide bonds. The van der Waals surface area contributed by atoms with Crippen LogP contribution in [0.2, 0.25) is 0 Å². The molecule has 21 heavy (non-hydrogen) atoms. The van der Waals surface area contributed by atoms with Crippen LogP contribution in [0.15, 0.2) is 35.1 Å². The summed E-state index contributed by atoms with van der Waals surface area (Å²) < 4.78 is 0. The van der Waals surface area contributed by atoms with E-state index in [0.717, 1.165) is 21.7 Å². The third-order valence-electron chi connectivity index (χ3n) is 3.34. The number of carbonyl (C=O) groups excluding carboxylic acids is 1. The fourth-order valence-electron chi connectivity index (χ4n) is 2.18. The SMILES string of the molecule is CCc1cc2c(=O)[nH]c(-c3cccc(C(C)=O)c3)nc2s1. The molecule has 0 saturated heterocycles. The van der Waals surface area contributed by atoms with Crippen molar-refractivity contribution >= 4 is 27.3 Å². The number of aryl methyl sites for hydroxylation is 1. The standard InChI is InChI=1S/C16H14N2O2S/c1-3-12-8-13-15(20)17-14(18-16(13)21-12)11-6-4-5-10(7-11)9(2)19/h4-8H,3H2,1-2H3,(H,17,18,20). The molecule has 0 spiro atoms. The van der Waals surface area contributed by atoms with E-state index in [2.05, 4.69) is 16.9 Å². The monoisotopic (exact) mass is 298 g/mol. The van der Waals surface area contributed by atoms with Gasteiger partial charge in [0.1, 0.15) is 10.7 Å². The third-order valence-corrected chi connectivity index (χ3v) is 4.52. The molecule has 0 radical (unpaired) electrons. The molecule has 0 aliphatic carbocycles. The molecular weight excluding hydrogens is 284 g/mol. The van der Waals surface area contributed by atoms with E-state index in [1.165, 1.54) is 18.3 Å². The van der Waals surface area contributed by atoms with Crippen LogP contribution in [-0.2, 0) is 6.42 Å². The molecule has 0 saturated carbocycles. The first-order valence-electron chi connectivity index (χ1n) is 6.72. The zero-order valence-electron chi connectivity index (χ0n) is 11.8. The lowest BCUT2D eigenvalue weighted by atomic mass is 10.1. The molecule has 0 atom stereocenters. The van der Waals surface area contributed by atoms with Crippen LogP contribution in [0.4, 0.5) is 0 Å². The van der Waals surface area contributed by atoms with Crippen LogP contribution < -0.4 is 5.56 Å². The lowest BCUT2D eigenvalue weighted by molar-refractivity contribution is 0.101. The second-order valence-electron chi connectivity index (χ2n) is 4.84. The van der Waals surface area contributed by atoms with E-state index in [9.17, 15) is 9.59 Å². The highest BCUT2D eigenvalue weighted by Gasteiger charge is 2.10. The molecule has 1 aromatic carbocycles. The van der Waals surface area contributed by atoms with Gasteiger partial charge in [-0.05, 0) is 25.5 Å². The summed E-state index contributed by atoms with van der Waals surface area (Å²) >= 11 is 1.53. The van der Waals surface area contributed by atoms with E-state index in [0.29, 0.717) is 16.8 Å². The van der Waals surface area contributed by atoms with Crippen molar-refractivity contribution in [2.24, 2.45) is 0 Å². The first kappa shape index (κ1) is 13.7. The Morgan fingerprint density at radius 2 is 2.14 bits per heavy atom. The average Bonchev–Trinajstić information content (AvgIpc) is 2.91. The predicted molar refractivity (Wildman–Crippen MR) is 85.1 cm³/mol. The van der Waals surface area contributed by atoms with Gasteiger partial charge in [0.2, 0.25) is 0 Å². The molecule has 0 unspecified atom stereocenters. The Morgan fingerprint density at radius 1 is 1.33 bits per heavy atom. The van der Waals surface area contributed by atoms with Crippen LogP contribution in [0, 0.1) is 0 Å². The van der Waals surface area contributed by atoms with Gasteiger partial charge in [-0.15, -0.1) is 11.3 Å². The number of Topliss-reactive ketones (excluding diaryl/α,β-unsaturated/α-hetero) is 1. The topological polar surface area (TPSA) is 62.8 Å². The van der Waals surface area contributed by atoms with Crippen molar-refractivity contribution in [3.05, 3.63) is 51.1 Å². The smallest absolute Gasteiger partial charge is 0.259 e. The first-order valence-corrected chi connectivity index (χ1v) is 7.54. The number of benzene rings is 1. The van der Waals surface area contributed by atoms with Crippen LogP contribution in [0.1, 0.15) is 29.1 Å². The van der Waals surface area contributed by atoms with Gasteiger partial charge >= 0.3 is 0 Å². The fraction of sp³-hybridized carbons (Fsp3) is 0.188. The highest BCUT2D eigenvalue weighted by Crippen LogP contribution is 2.24. The van der Waals surface area contributed by atoms with Gasteiger partial charge < -0.3 is 4.98 Å². The number of rotatable bonds is 3. The molecule has 0 bridgehead atoms. The second kappa shape index (κ2) is 5.26. The Kier molecular flexibility index (Phi) is 3.43. The number of nitrogens with zero attached hydrogens (tertiary/aromatic N) is 1. The Balaban J connectivity index is 2.18. The number of fused-ring (bicyclic) bond motifs is 1. The van der Waals surface area contributed by atoms with Crippen molar-refractivity contribution < 1.29 is 4.79 Å². The van der Waals surface area contributed by atoms with Gasteiger partial charge in [-0.25, -0.2) is 4.98 Å². The summed E-state index contributed by atoms with van der Waals surface area (Å²) in [6, 6.07) is 9.03. The molecule has 2 heterocycles. The van der Waals surface area contributed by atoms with Gasteiger partial charge in [-0.3, -0.25) is 9.59 Å². The van der Waals surface area contributed by atoms with Crippen LogP contribution in [0.3, 0.4) is 0 Å². The lowest BCUT2D eigenvalue weighted by Gasteiger charge is -2.02. The third kappa shape index (κ3) is 2.52. The highest BCUT2D eigenvalue weighted by molar-refractivity contribution is 7.18. The number of thiophene rings is 1. The number of hydrogen-bond donors (Lipinski definition) is 1. The maximum Gasteiger partial charge on any atom is 0.259 e. The fourth-order valence-corrected chi connectivity index (χ4v) is 3.15. The van der Waals surface area contributed by atoms with Crippen molar-refractivity contribution in [2.45, 2.75) is 20.3 Å². The van der Waals surface area contributed by atoms with Crippen LogP contribution in [0.5, 0.6) is 0 Å². The summed E-state index contributed by atoms with van der Waals surface area (Å²) in [5.41, 5.74) is 1.21. The zero-order chi connectivity index (χ0) is 15.0. The largest absolute Gasteiger partial charge is 0.306 e. The van der Waals surface area contributed by atoms with Gasteiger partial charge in [0.05, 0.1) is 5.39 Å². The van der Waals surface area contributed by atoms with E-state index in [4.69, 9.17) is 0 Å². The summed E-state index contributed by atoms with van der Waals surface area (Å²) in [4.78, 5) is 32.8. The summed E-state index contributed by atoms with van der Waals surface area (Å²) in [5, 5.41) is 0.628. The predicted octanol–water partition coefficient (Wildman–Crippen LogP) is 3.42. The number of aromatic amines is 1. The van der Waals surface area contributed by atoms with Gasteiger partial charge in [0.25, 0.3) is 5.56 Å². The molecule has 5 heteroatoms. The minimum absolute atomic E-state index is 0.00957. The van der Waals surface area contributed by atoms with Gasteiger partial charge in [-0.1, -0.05) is 25.1 Å². The molecule has 0 aliphatic rings. The quantitative estimate of drug-likeness (QED) is 0.754. The molecule has 106 valence electrons. The molecule has 3 rings (SSSR count). The number of carbonyl (C=O) groups is 1. The van der Waals surface area contributed by atoms with Crippen LogP contribution >= 0.6 is 11.3 Å². The Hall–Kier alpha value is -2.27. The number of aromatic nitrogens is 2. The summed E-state index contributed by atoms with van der Waals surface area (Å²) in [6.45, 7) is 3.57. The van der Waals surface area contributed by atoms with Gasteiger partial charge in [0, 0.05) is 16.0 Å². The average molecular weight is 298 g/mol. The maximum absolute atomic E-state index is 12.2. The van der Waals surface area contributed by atoms with Crippen molar-refractivity contribution in [1.82, 2.24) is 9.97 Å². The maximum atomic E-state index is 12.2. The van der Waals surface area contributed by atoms with Crippen LogP contribution in [0.25, 0.3) is 21.6 Å². The summed E-state index contributed by atoms with van der Waals surface area (Å²) in [6.07, 6.45) is 0.885. The van der Waals surface area contributed by atoms with Crippen molar-refractivity contribution in [2.75, 3.05) is 0 Å². The van der Waals surface area contributed by atoms with E-state index >= 15 is 0 Å². The molecular formula is C16H14N2O2S. The number of H-pyrrole nitrogens is 1. The molecule has 0 fully saturated rings.